The predicted octanol–water partition coefficient (Wildman–Crippen LogP) is 2.70. The molecule has 31 heavy (non-hydrogen) atoms. The summed E-state index contributed by atoms with van der Waals surface area (Å²) in [5, 5.41) is 2.90. The van der Waals surface area contributed by atoms with Gasteiger partial charge in [-0.1, -0.05) is 25.5 Å². The van der Waals surface area contributed by atoms with Crippen LogP contribution in [0.2, 0.25) is 0 Å². The number of urea groups is 1. The van der Waals surface area contributed by atoms with Gasteiger partial charge in [0.2, 0.25) is 5.91 Å². The summed E-state index contributed by atoms with van der Waals surface area (Å²) in [5.74, 6) is 1.40. The second-order valence-electron chi connectivity index (χ2n) is 8.60. The average molecular weight is 430 g/mol. The van der Waals surface area contributed by atoms with Gasteiger partial charge in [0.05, 0.1) is 0 Å². The Balaban J connectivity index is 1.43. The first-order chi connectivity index (χ1) is 15.0. The van der Waals surface area contributed by atoms with Crippen molar-refractivity contribution >= 4 is 17.8 Å². The molecule has 1 aliphatic carbocycles. The number of rotatable bonds is 6. The predicted molar refractivity (Wildman–Crippen MR) is 114 cm³/mol. The van der Waals surface area contributed by atoms with Crippen LogP contribution in [-0.2, 0) is 16.1 Å². The van der Waals surface area contributed by atoms with Crippen LogP contribution in [0.25, 0.3) is 0 Å². The van der Waals surface area contributed by atoms with Crippen LogP contribution in [0.1, 0.15) is 51.5 Å². The Morgan fingerprint density at radius 1 is 1.19 bits per heavy atom. The minimum Gasteiger partial charge on any atom is -0.486 e. The fourth-order valence-corrected chi connectivity index (χ4v) is 4.81. The van der Waals surface area contributed by atoms with Crippen molar-refractivity contribution in [2.45, 2.75) is 58.0 Å². The number of imide groups is 1. The van der Waals surface area contributed by atoms with E-state index in [-0.39, 0.29) is 18.4 Å². The standard InChI is InChI=1S/C23H31N3O5/c1-3-16-8-10-23(11-9-16)21(28)26(22(29)24-23)15-19(27)25(4-2)14-17-6-5-7-18-20(17)31-13-12-30-18/h5-7,16H,3-4,8-15H2,1-2H3,(H,24,29). The summed E-state index contributed by atoms with van der Waals surface area (Å²) in [6.07, 6.45) is 4.22. The molecule has 1 N–H and O–H groups in total. The molecule has 168 valence electrons. The van der Waals surface area contributed by atoms with Gasteiger partial charge in [-0.05, 0) is 44.6 Å². The molecule has 0 unspecified atom stereocenters. The third-order valence-corrected chi connectivity index (χ3v) is 6.82. The quantitative estimate of drug-likeness (QED) is 0.703. The third kappa shape index (κ3) is 4.07. The molecule has 1 aromatic rings. The molecule has 8 nitrogen and oxygen atoms in total. The van der Waals surface area contributed by atoms with E-state index in [0.29, 0.717) is 56.6 Å². The fourth-order valence-electron chi connectivity index (χ4n) is 4.81. The van der Waals surface area contributed by atoms with Crippen molar-refractivity contribution in [3.63, 3.8) is 0 Å². The van der Waals surface area contributed by atoms with Gasteiger partial charge in [-0.25, -0.2) is 4.79 Å². The molecule has 1 saturated heterocycles. The van der Waals surface area contributed by atoms with E-state index in [1.807, 2.05) is 25.1 Å². The van der Waals surface area contributed by atoms with E-state index in [4.69, 9.17) is 9.47 Å². The molecule has 0 aromatic heterocycles. The number of carbonyl (C=O) groups is 3. The molecule has 1 aromatic carbocycles. The van der Waals surface area contributed by atoms with Gasteiger partial charge in [0.15, 0.2) is 11.5 Å². The van der Waals surface area contributed by atoms with E-state index in [9.17, 15) is 14.4 Å². The molecule has 4 rings (SSSR count). The van der Waals surface area contributed by atoms with Crippen LogP contribution < -0.4 is 14.8 Å². The number of likely N-dealkylation sites (N-methyl/N-ethyl adjacent to an activating group) is 1. The number of nitrogens with one attached hydrogen (secondary N) is 1. The lowest BCUT2D eigenvalue weighted by Crippen LogP contribution is -2.50. The largest absolute Gasteiger partial charge is 0.486 e. The van der Waals surface area contributed by atoms with Crippen molar-refractivity contribution in [2.75, 3.05) is 26.3 Å². The van der Waals surface area contributed by atoms with Crippen LogP contribution >= 0.6 is 0 Å². The normalized spacial score (nSPS) is 25.0. The Labute approximate surface area is 182 Å². The molecule has 2 fully saturated rings. The van der Waals surface area contributed by atoms with Crippen LogP contribution in [0.5, 0.6) is 11.5 Å². The second-order valence-corrected chi connectivity index (χ2v) is 8.60. The molecule has 1 saturated carbocycles. The highest BCUT2D eigenvalue weighted by atomic mass is 16.6. The van der Waals surface area contributed by atoms with E-state index in [2.05, 4.69) is 12.2 Å². The smallest absolute Gasteiger partial charge is 0.325 e. The Kier molecular flexibility index (Phi) is 6.07. The molecular weight excluding hydrogens is 398 g/mol. The average Bonchev–Trinajstić information content (AvgIpc) is 3.02. The summed E-state index contributed by atoms with van der Waals surface area (Å²) < 4.78 is 11.4. The highest BCUT2D eigenvalue weighted by molar-refractivity contribution is 6.09. The van der Waals surface area contributed by atoms with Crippen LogP contribution in [0.15, 0.2) is 18.2 Å². The monoisotopic (exact) mass is 429 g/mol. The Morgan fingerprint density at radius 2 is 1.94 bits per heavy atom. The van der Waals surface area contributed by atoms with E-state index in [0.717, 1.165) is 29.7 Å². The van der Waals surface area contributed by atoms with Crippen LogP contribution in [-0.4, -0.2) is 59.5 Å². The number of benzene rings is 1. The number of ether oxygens (including phenoxy) is 2. The summed E-state index contributed by atoms with van der Waals surface area (Å²) in [6.45, 7) is 5.54. The van der Waals surface area contributed by atoms with Crippen LogP contribution in [0, 0.1) is 5.92 Å². The van der Waals surface area contributed by atoms with Crippen LogP contribution in [0.4, 0.5) is 4.79 Å². The number of hydrogen-bond donors (Lipinski definition) is 1. The fraction of sp³-hybridized carbons (Fsp3) is 0.609. The minimum absolute atomic E-state index is 0.246. The maximum absolute atomic E-state index is 13.1. The molecule has 4 amide bonds. The minimum atomic E-state index is -0.830. The Morgan fingerprint density at radius 3 is 2.65 bits per heavy atom. The maximum Gasteiger partial charge on any atom is 0.325 e. The molecule has 1 spiro atoms. The zero-order valence-electron chi connectivity index (χ0n) is 18.3. The summed E-state index contributed by atoms with van der Waals surface area (Å²) in [7, 11) is 0. The number of hydrogen-bond acceptors (Lipinski definition) is 5. The number of amides is 4. The van der Waals surface area contributed by atoms with Gasteiger partial charge in [-0.15, -0.1) is 0 Å². The van der Waals surface area contributed by atoms with Crippen LogP contribution in [0.3, 0.4) is 0 Å². The van der Waals surface area contributed by atoms with E-state index >= 15 is 0 Å². The molecular formula is C23H31N3O5. The third-order valence-electron chi connectivity index (χ3n) is 6.82. The van der Waals surface area contributed by atoms with Crippen molar-refractivity contribution in [3.8, 4) is 11.5 Å². The van der Waals surface area contributed by atoms with Gasteiger partial charge in [-0.3, -0.25) is 14.5 Å². The first kappa shape index (κ1) is 21.5. The topological polar surface area (TPSA) is 88.2 Å². The number of para-hydroxylation sites is 1. The van der Waals surface area contributed by atoms with Gasteiger partial charge >= 0.3 is 6.03 Å². The first-order valence-corrected chi connectivity index (χ1v) is 11.3. The summed E-state index contributed by atoms with van der Waals surface area (Å²) in [4.78, 5) is 41.5. The van der Waals surface area contributed by atoms with Crippen molar-refractivity contribution in [1.29, 1.82) is 0 Å². The number of fused-ring (bicyclic) bond motifs is 1. The summed E-state index contributed by atoms with van der Waals surface area (Å²) >= 11 is 0. The molecule has 2 heterocycles. The highest BCUT2D eigenvalue weighted by Crippen LogP contribution is 2.38. The zero-order valence-corrected chi connectivity index (χ0v) is 18.3. The molecule has 8 heteroatoms. The summed E-state index contributed by atoms with van der Waals surface area (Å²) in [5.41, 5.74) is 0.0167. The molecule has 0 bridgehead atoms. The molecule has 0 atom stereocenters. The maximum atomic E-state index is 13.1. The SMILES string of the molecule is CCC1CCC2(CC1)NC(=O)N(CC(=O)N(CC)Cc1cccc3c1OCCO3)C2=O. The summed E-state index contributed by atoms with van der Waals surface area (Å²) in [6, 6.07) is 5.15. The lowest BCUT2D eigenvalue weighted by Gasteiger charge is -2.34. The first-order valence-electron chi connectivity index (χ1n) is 11.3. The molecule has 0 radical (unpaired) electrons. The van der Waals surface area contributed by atoms with Crippen molar-refractivity contribution < 1.29 is 23.9 Å². The number of carbonyl (C=O) groups excluding carboxylic acids is 3. The van der Waals surface area contributed by atoms with E-state index in [1.165, 1.54) is 0 Å². The molecule has 2 aliphatic heterocycles. The highest BCUT2D eigenvalue weighted by Gasteiger charge is 2.52. The Hall–Kier alpha value is -2.77. The molecule has 3 aliphatic rings. The van der Waals surface area contributed by atoms with Gasteiger partial charge in [0, 0.05) is 18.7 Å². The van der Waals surface area contributed by atoms with Gasteiger partial charge in [-0.2, -0.15) is 0 Å². The second kappa shape index (κ2) is 8.77. The van der Waals surface area contributed by atoms with Crippen molar-refractivity contribution in [2.24, 2.45) is 5.92 Å². The zero-order chi connectivity index (χ0) is 22.0. The lowest BCUT2D eigenvalue weighted by atomic mass is 9.75. The van der Waals surface area contributed by atoms with Crippen molar-refractivity contribution in [1.82, 2.24) is 15.1 Å². The lowest BCUT2D eigenvalue weighted by molar-refractivity contribution is -0.140. The van der Waals surface area contributed by atoms with Crippen molar-refractivity contribution in [3.05, 3.63) is 23.8 Å². The van der Waals surface area contributed by atoms with Gasteiger partial charge in [0.25, 0.3) is 5.91 Å². The van der Waals surface area contributed by atoms with E-state index in [1.54, 1.807) is 4.90 Å². The van der Waals surface area contributed by atoms with Gasteiger partial charge in [0.1, 0.15) is 25.3 Å². The Bertz CT molecular complexity index is 863. The number of nitrogens with zero attached hydrogens (tertiary/aromatic N) is 2. The van der Waals surface area contributed by atoms with E-state index < -0.39 is 11.6 Å². The van der Waals surface area contributed by atoms with Gasteiger partial charge < -0.3 is 19.7 Å².